The van der Waals surface area contributed by atoms with Crippen molar-refractivity contribution >= 4 is 5.69 Å². The van der Waals surface area contributed by atoms with Gasteiger partial charge in [0.05, 0.1) is 7.11 Å². The molecular formula is C7H5F2NO2. The Labute approximate surface area is 66.9 Å². The van der Waals surface area contributed by atoms with Gasteiger partial charge in [-0.15, -0.1) is 4.91 Å². The average molecular weight is 173 g/mol. The van der Waals surface area contributed by atoms with Crippen LogP contribution >= 0.6 is 0 Å². The van der Waals surface area contributed by atoms with Crippen LogP contribution in [-0.4, -0.2) is 7.11 Å². The van der Waals surface area contributed by atoms with E-state index in [4.69, 9.17) is 0 Å². The second-order valence-electron chi connectivity index (χ2n) is 2.01. The number of nitroso groups, excluding NO2 is 1. The number of methoxy groups -OCH3 is 1. The van der Waals surface area contributed by atoms with Crippen molar-refractivity contribution in [1.29, 1.82) is 0 Å². The highest BCUT2D eigenvalue weighted by Gasteiger charge is 2.13. The fourth-order valence-electron chi connectivity index (χ4n) is 0.780. The molecule has 0 saturated carbocycles. The van der Waals surface area contributed by atoms with E-state index in [0.717, 1.165) is 19.2 Å². The van der Waals surface area contributed by atoms with E-state index in [1.807, 2.05) is 0 Å². The minimum absolute atomic E-state index is 0.465. The molecule has 0 aliphatic heterocycles. The molecule has 0 bridgehead atoms. The zero-order valence-electron chi connectivity index (χ0n) is 6.17. The van der Waals surface area contributed by atoms with Crippen LogP contribution in [0.4, 0.5) is 14.5 Å². The highest BCUT2D eigenvalue weighted by Crippen LogP contribution is 2.28. The minimum Gasteiger partial charge on any atom is -0.491 e. The average Bonchev–Trinajstić information content (AvgIpc) is 2.06. The second kappa shape index (κ2) is 3.25. The molecule has 0 saturated heterocycles. The van der Waals surface area contributed by atoms with Crippen LogP contribution < -0.4 is 4.74 Å². The summed E-state index contributed by atoms with van der Waals surface area (Å²) in [7, 11) is 1.11. The first kappa shape index (κ1) is 8.58. The summed E-state index contributed by atoms with van der Waals surface area (Å²) in [5, 5.41) is 2.35. The Morgan fingerprint density at radius 1 is 1.42 bits per heavy atom. The molecule has 0 aliphatic carbocycles. The second-order valence-corrected chi connectivity index (χ2v) is 2.01. The van der Waals surface area contributed by atoms with E-state index in [0.29, 0.717) is 0 Å². The number of benzene rings is 1. The van der Waals surface area contributed by atoms with Crippen molar-refractivity contribution in [1.82, 2.24) is 0 Å². The van der Waals surface area contributed by atoms with Gasteiger partial charge < -0.3 is 4.74 Å². The predicted molar refractivity (Wildman–Crippen MR) is 38.4 cm³/mol. The monoisotopic (exact) mass is 173 g/mol. The highest BCUT2D eigenvalue weighted by atomic mass is 19.1. The molecule has 1 rings (SSSR count). The largest absolute Gasteiger partial charge is 0.491 e. The molecule has 3 nitrogen and oxygen atoms in total. The molecule has 0 atom stereocenters. The number of halogens is 2. The van der Waals surface area contributed by atoms with Crippen LogP contribution in [-0.2, 0) is 0 Å². The first-order chi connectivity index (χ1) is 5.70. The van der Waals surface area contributed by atoms with E-state index < -0.39 is 23.1 Å². The highest BCUT2D eigenvalue weighted by molar-refractivity contribution is 5.45. The molecule has 0 unspecified atom stereocenters. The lowest BCUT2D eigenvalue weighted by atomic mass is 10.3. The Morgan fingerprint density at radius 3 is 2.58 bits per heavy atom. The molecule has 0 radical (unpaired) electrons. The lowest BCUT2D eigenvalue weighted by Gasteiger charge is -2.02. The topological polar surface area (TPSA) is 38.7 Å². The number of nitrogens with zero attached hydrogens (tertiary/aromatic N) is 1. The van der Waals surface area contributed by atoms with Gasteiger partial charge in [-0.3, -0.25) is 0 Å². The van der Waals surface area contributed by atoms with Crippen LogP contribution in [0.15, 0.2) is 17.3 Å². The molecule has 12 heavy (non-hydrogen) atoms. The van der Waals surface area contributed by atoms with Gasteiger partial charge >= 0.3 is 0 Å². The number of ether oxygens (including phenoxy) is 1. The maximum Gasteiger partial charge on any atom is 0.197 e. The molecule has 0 heterocycles. The summed E-state index contributed by atoms with van der Waals surface area (Å²) in [5.74, 6) is -2.53. The summed E-state index contributed by atoms with van der Waals surface area (Å²) in [6.45, 7) is 0. The minimum atomic E-state index is -1.08. The van der Waals surface area contributed by atoms with E-state index in [9.17, 15) is 13.7 Å². The van der Waals surface area contributed by atoms with Gasteiger partial charge in [0.15, 0.2) is 17.4 Å². The molecule has 64 valence electrons. The smallest absolute Gasteiger partial charge is 0.197 e. The van der Waals surface area contributed by atoms with Crippen LogP contribution in [0.2, 0.25) is 0 Å². The zero-order valence-corrected chi connectivity index (χ0v) is 6.17. The van der Waals surface area contributed by atoms with Gasteiger partial charge in [0.1, 0.15) is 5.69 Å². The molecule has 0 fully saturated rings. The number of hydrogen-bond donors (Lipinski definition) is 0. The van der Waals surface area contributed by atoms with E-state index in [1.54, 1.807) is 0 Å². The van der Waals surface area contributed by atoms with Gasteiger partial charge in [0, 0.05) is 0 Å². The summed E-state index contributed by atoms with van der Waals surface area (Å²) in [5.41, 5.74) is -0.465. The normalized spacial score (nSPS) is 9.58. The maximum absolute atomic E-state index is 12.9. The Kier molecular flexibility index (Phi) is 2.32. The van der Waals surface area contributed by atoms with E-state index in [-0.39, 0.29) is 0 Å². The van der Waals surface area contributed by atoms with Crippen molar-refractivity contribution in [3.05, 3.63) is 28.7 Å². The summed E-state index contributed by atoms with van der Waals surface area (Å²) in [6.07, 6.45) is 0. The van der Waals surface area contributed by atoms with Gasteiger partial charge in [0.2, 0.25) is 0 Å². The van der Waals surface area contributed by atoms with E-state index >= 15 is 0 Å². The zero-order chi connectivity index (χ0) is 9.14. The third-order valence-electron chi connectivity index (χ3n) is 1.33. The van der Waals surface area contributed by atoms with Crippen molar-refractivity contribution < 1.29 is 13.5 Å². The van der Waals surface area contributed by atoms with E-state index in [2.05, 4.69) is 9.91 Å². The van der Waals surface area contributed by atoms with Crippen molar-refractivity contribution in [2.45, 2.75) is 0 Å². The Hall–Kier alpha value is -1.52. The first-order valence-electron chi connectivity index (χ1n) is 3.06. The Morgan fingerprint density at radius 2 is 2.08 bits per heavy atom. The third kappa shape index (κ3) is 1.25. The van der Waals surface area contributed by atoms with Crippen molar-refractivity contribution in [2.75, 3.05) is 7.11 Å². The van der Waals surface area contributed by atoms with Crippen molar-refractivity contribution in [2.24, 2.45) is 5.18 Å². The van der Waals surface area contributed by atoms with Gasteiger partial charge in [-0.25, -0.2) is 8.78 Å². The van der Waals surface area contributed by atoms with Crippen LogP contribution in [0, 0.1) is 16.5 Å². The molecular weight excluding hydrogens is 168 g/mol. The molecule has 1 aromatic rings. The lowest BCUT2D eigenvalue weighted by Crippen LogP contribution is -1.92. The molecule has 0 aliphatic rings. The first-order valence-corrected chi connectivity index (χ1v) is 3.06. The van der Waals surface area contributed by atoms with Gasteiger partial charge in [0.25, 0.3) is 0 Å². The predicted octanol–water partition coefficient (Wildman–Crippen LogP) is 2.37. The van der Waals surface area contributed by atoms with Crippen LogP contribution in [0.1, 0.15) is 0 Å². The Balaban J connectivity index is 3.33. The quantitative estimate of drug-likeness (QED) is 0.644. The third-order valence-corrected chi connectivity index (χ3v) is 1.33. The van der Waals surface area contributed by atoms with Gasteiger partial charge in [-0.05, 0) is 17.3 Å². The van der Waals surface area contributed by atoms with Crippen molar-refractivity contribution in [3.63, 3.8) is 0 Å². The number of hydrogen-bond acceptors (Lipinski definition) is 3. The molecule has 0 N–H and O–H groups in total. The summed E-state index contributed by atoms with van der Waals surface area (Å²) >= 11 is 0. The molecule has 0 spiro atoms. The molecule has 0 aromatic heterocycles. The van der Waals surface area contributed by atoms with Crippen LogP contribution in [0.5, 0.6) is 5.75 Å². The van der Waals surface area contributed by atoms with Crippen LogP contribution in [0.25, 0.3) is 0 Å². The van der Waals surface area contributed by atoms with Crippen molar-refractivity contribution in [3.8, 4) is 5.75 Å². The fraction of sp³-hybridized carbons (Fsp3) is 0.143. The summed E-state index contributed by atoms with van der Waals surface area (Å²) < 4.78 is 29.9. The SMILES string of the molecule is COc1c(F)ccc(N=O)c1F. The fourth-order valence-corrected chi connectivity index (χ4v) is 0.780. The molecule has 0 amide bonds. The lowest BCUT2D eigenvalue weighted by molar-refractivity contribution is 0.360. The maximum atomic E-state index is 12.9. The number of rotatable bonds is 2. The van der Waals surface area contributed by atoms with Gasteiger partial charge in [-0.2, -0.15) is 0 Å². The summed E-state index contributed by atoms with van der Waals surface area (Å²) in [6, 6.07) is 1.86. The Bertz CT molecular complexity index is 315. The van der Waals surface area contributed by atoms with Crippen LogP contribution in [0.3, 0.4) is 0 Å². The van der Waals surface area contributed by atoms with E-state index in [1.165, 1.54) is 0 Å². The summed E-state index contributed by atoms with van der Waals surface area (Å²) in [4.78, 5) is 9.94. The molecule has 1 aromatic carbocycles. The molecule has 5 heteroatoms. The van der Waals surface area contributed by atoms with Gasteiger partial charge in [-0.1, -0.05) is 0 Å². The standard InChI is InChI=1S/C7H5F2NO2/c1-12-7-4(8)2-3-5(10-11)6(7)9/h2-3H,1H3.